The summed E-state index contributed by atoms with van der Waals surface area (Å²) in [6.45, 7) is 7.04. The number of aromatic nitrogens is 1. The van der Waals surface area contributed by atoms with Crippen LogP contribution in [0.15, 0.2) is 59.8 Å². The summed E-state index contributed by atoms with van der Waals surface area (Å²) in [7, 11) is -2.97. The smallest absolute Gasteiger partial charge is 0.337 e. The van der Waals surface area contributed by atoms with Crippen molar-refractivity contribution < 1.29 is 27.5 Å². The molecule has 1 saturated heterocycles. The first kappa shape index (κ1) is 27.2. The zero-order chi connectivity index (χ0) is 27.8. The molecule has 1 aliphatic rings. The van der Waals surface area contributed by atoms with Crippen molar-refractivity contribution in [3.63, 3.8) is 0 Å². The van der Waals surface area contributed by atoms with Gasteiger partial charge in [0.25, 0.3) is 5.91 Å². The van der Waals surface area contributed by atoms with Crippen LogP contribution in [-0.2, 0) is 30.9 Å². The molecule has 1 atom stereocenters. The maximum Gasteiger partial charge on any atom is 0.337 e. The average Bonchev–Trinajstić information content (AvgIpc) is 3.19. The van der Waals surface area contributed by atoms with Gasteiger partial charge in [0, 0.05) is 18.9 Å². The van der Waals surface area contributed by atoms with Crippen LogP contribution < -0.4 is 4.90 Å². The lowest BCUT2D eigenvalue weighted by molar-refractivity contribution is -0.122. The number of imide groups is 1. The molecule has 4 rings (SSSR count). The van der Waals surface area contributed by atoms with Gasteiger partial charge in [-0.25, -0.2) is 18.1 Å². The first-order chi connectivity index (χ1) is 18.0. The van der Waals surface area contributed by atoms with E-state index in [0.29, 0.717) is 16.7 Å². The number of ether oxygens (including phenoxy) is 1. The number of methoxy groups -OCH3 is 1. The summed E-state index contributed by atoms with van der Waals surface area (Å²) in [4.78, 5) is 43.8. The highest BCUT2D eigenvalue weighted by molar-refractivity contribution is 7.89. The minimum Gasteiger partial charge on any atom is -0.465 e. The van der Waals surface area contributed by atoms with Gasteiger partial charge in [-0.05, 0) is 85.8 Å². The Balaban J connectivity index is 1.79. The van der Waals surface area contributed by atoms with Gasteiger partial charge >= 0.3 is 5.97 Å². The lowest BCUT2D eigenvalue weighted by Crippen LogP contribution is -2.45. The van der Waals surface area contributed by atoms with E-state index in [1.54, 1.807) is 32.2 Å². The lowest BCUT2D eigenvalue weighted by Gasteiger charge is -2.29. The number of carbonyl (C=O) groups excluding carboxylic acids is 3. The normalized spacial score (nSPS) is 15.8. The fourth-order valence-corrected chi connectivity index (χ4v) is 6.84. The Morgan fingerprint density at radius 3 is 2.24 bits per heavy atom. The molecule has 1 unspecified atom stereocenters. The zero-order valence-electron chi connectivity index (χ0n) is 21.9. The third kappa shape index (κ3) is 4.84. The molecule has 0 N–H and O–H groups in total. The molecule has 9 nitrogen and oxygen atoms in total. The van der Waals surface area contributed by atoms with E-state index in [0.717, 1.165) is 20.3 Å². The summed E-state index contributed by atoms with van der Waals surface area (Å²) in [5.41, 5.74) is 3.90. The van der Waals surface area contributed by atoms with Gasteiger partial charge in [-0.2, -0.15) is 4.31 Å². The molecule has 2 aromatic carbocycles. The number of hydrogen-bond donors (Lipinski definition) is 0. The molecule has 0 bridgehead atoms. The largest absolute Gasteiger partial charge is 0.465 e. The molecule has 1 fully saturated rings. The summed E-state index contributed by atoms with van der Waals surface area (Å²) in [5, 5.41) is 0. The van der Waals surface area contributed by atoms with E-state index >= 15 is 0 Å². The summed E-state index contributed by atoms with van der Waals surface area (Å²) < 4.78 is 34.4. The van der Waals surface area contributed by atoms with E-state index in [1.165, 1.54) is 37.6 Å². The van der Waals surface area contributed by atoms with Crippen LogP contribution in [-0.4, -0.2) is 48.6 Å². The Morgan fingerprint density at radius 2 is 1.68 bits per heavy atom. The molecule has 0 saturated carbocycles. The van der Waals surface area contributed by atoms with E-state index in [-0.39, 0.29) is 29.1 Å². The van der Waals surface area contributed by atoms with Crippen LogP contribution in [0.5, 0.6) is 0 Å². The SMILES string of the molecule is COC(=O)c1ccc(N2C(=O)CC(N(Cc3cccnc3)S(=O)(=O)c3c(C)c(C)cc(C)c3C)C2=O)cc1. The van der Waals surface area contributed by atoms with Crippen molar-refractivity contribution in [2.75, 3.05) is 12.0 Å². The van der Waals surface area contributed by atoms with E-state index in [4.69, 9.17) is 4.74 Å². The number of sulfonamides is 1. The van der Waals surface area contributed by atoms with Crippen molar-refractivity contribution in [2.45, 2.75) is 51.6 Å². The molecule has 0 radical (unpaired) electrons. The number of nitrogens with zero attached hydrogens (tertiary/aromatic N) is 3. The Bertz CT molecular complexity index is 1490. The Kier molecular flexibility index (Phi) is 7.48. The van der Waals surface area contributed by atoms with E-state index < -0.39 is 33.8 Å². The molecule has 0 spiro atoms. The second-order valence-corrected chi connectivity index (χ2v) is 11.2. The molecule has 0 aliphatic carbocycles. The molecule has 10 heteroatoms. The average molecular weight is 536 g/mol. The van der Waals surface area contributed by atoms with Gasteiger partial charge in [-0.3, -0.25) is 14.6 Å². The first-order valence-electron chi connectivity index (χ1n) is 12.0. The summed E-state index contributed by atoms with van der Waals surface area (Å²) >= 11 is 0. The van der Waals surface area contributed by atoms with Gasteiger partial charge in [0.2, 0.25) is 15.9 Å². The van der Waals surface area contributed by atoms with Gasteiger partial charge < -0.3 is 4.74 Å². The molecule has 198 valence electrons. The monoisotopic (exact) mass is 535 g/mol. The quantitative estimate of drug-likeness (QED) is 0.335. The van der Waals surface area contributed by atoms with E-state index in [1.807, 2.05) is 19.9 Å². The maximum absolute atomic E-state index is 14.3. The topological polar surface area (TPSA) is 114 Å². The van der Waals surface area contributed by atoms with E-state index in [2.05, 4.69) is 4.98 Å². The number of benzene rings is 2. The van der Waals surface area contributed by atoms with Crippen molar-refractivity contribution in [1.82, 2.24) is 9.29 Å². The van der Waals surface area contributed by atoms with Crippen LogP contribution in [0.4, 0.5) is 5.69 Å². The number of carbonyl (C=O) groups is 3. The summed E-state index contributed by atoms with van der Waals surface area (Å²) in [6, 6.07) is 9.89. The molecule has 2 amide bonds. The van der Waals surface area contributed by atoms with Crippen LogP contribution in [0, 0.1) is 27.7 Å². The van der Waals surface area contributed by atoms with Crippen molar-refractivity contribution >= 4 is 33.5 Å². The molecular formula is C28H29N3O6S. The van der Waals surface area contributed by atoms with Crippen molar-refractivity contribution in [3.05, 3.63) is 88.2 Å². The maximum atomic E-state index is 14.3. The van der Waals surface area contributed by atoms with Crippen LogP contribution in [0.25, 0.3) is 0 Å². The minimum absolute atomic E-state index is 0.138. The second-order valence-electron chi connectivity index (χ2n) is 9.33. The second kappa shape index (κ2) is 10.5. The molecule has 38 heavy (non-hydrogen) atoms. The molecular weight excluding hydrogens is 506 g/mol. The molecule has 3 aromatic rings. The van der Waals surface area contributed by atoms with Crippen molar-refractivity contribution in [1.29, 1.82) is 0 Å². The lowest BCUT2D eigenvalue weighted by atomic mass is 10.0. The summed E-state index contributed by atoms with van der Waals surface area (Å²) in [5.74, 6) is -1.75. The molecule has 1 aliphatic heterocycles. The number of pyridine rings is 1. The zero-order valence-corrected chi connectivity index (χ0v) is 22.7. The highest BCUT2D eigenvalue weighted by Gasteiger charge is 2.47. The third-order valence-corrected chi connectivity index (χ3v) is 9.07. The highest BCUT2D eigenvalue weighted by atomic mass is 32.2. The fourth-order valence-electron chi connectivity index (χ4n) is 4.70. The Hall–Kier alpha value is -3.89. The van der Waals surface area contributed by atoms with Gasteiger partial charge in [-0.15, -0.1) is 0 Å². The number of aryl methyl sites for hydroxylation is 2. The number of esters is 1. The van der Waals surface area contributed by atoms with Crippen LogP contribution >= 0.6 is 0 Å². The number of rotatable bonds is 7. The number of amides is 2. The van der Waals surface area contributed by atoms with Crippen molar-refractivity contribution in [2.24, 2.45) is 0 Å². The van der Waals surface area contributed by atoms with Gasteiger partial charge in [0.15, 0.2) is 0 Å². The Labute approximate surface area is 222 Å². The van der Waals surface area contributed by atoms with Gasteiger partial charge in [-0.1, -0.05) is 12.1 Å². The van der Waals surface area contributed by atoms with Crippen LogP contribution in [0.2, 0.25) is 0 Å². The van der Waals surface area contributed by atoms with Crippen LogP contribution in [0.3, 0.4) is 0 Å². The van der Waals surface area contributed by atoms with Crippen molar-refractivity contribution in [3.8, 4) is 0 Å². The fraction of sp³-hybridized carbons (Fsp3) is 0.286. The van der Waals surface area contributed by atoms with Gasteiger partial charge in [0.1, 0.15) is 6.04 Å². The Morgan fingerprint density at radius 1 is 1.05 bits per heavy atom. The van der Waals surface area contributed by atoms with Crippen LogP contribution in [0.1, 0.15) is 44.6 Å². The third-order valence-electron chi connectivity index (χ3n) is 6.94. The minimum atomic E-state index is -4.23. The summed E-state index contributed by atoms with van der Waals surface area (Å²) in [6.07, 6.45) is 2.79. The standard InChI is InChI=1S/C28H29N3O6S/c1-17-13-18(2)20(4)26(19(17)3)38(35,36)30(16-21-7-6-12-29-15-21)24-14-25(32)31(27(24)33)23-10-8-22(9-11-23)28(34)37-5/h6-13,15,24H,14,16H2,1-5H3. The first-order valence-corrected chi connectivity index (χ1v) is 13.4. The highest BCUT2D eigenvalue weighted by Crippen LogP contribution is 2.34. The number of hydrogen-bond acceptors (Lipinski definition) is 7. The molecule has 2 heterocycles. The van der Waals surface area contributed by atoms with Gasteiger partial charge in [0.05, 0.1) is 29.7 Å². The predicted octanol–water partition coefficient (Wildman–Crippen LogP) is 3.62. The predicted molar refractivity (Wildman–Crippen MR) is 141 cm³/mol. The molecule has 1 aromatic heterocycles. The number of anilines is 1. The van der Waals surface area contributed by atoms with E-state index in [9.17, 15) is 22.8 Å².